The van der Waals surface area contributed by atoms with Crippen molar-refractivity contribution in [3.05, 3.63) is 22.7 Å². The number of aromatic nitrogens is 2. The standard InChI is InChI=1S/C11H16ClN3O2S2/c1-8-5-9(12)14-10(13-8)6-15-3-4-18-7-11(15)19(2,16)17/h5,11H,3-4,6-7H2,1-2H3. The van der Waals surface area contributed by atoms with E-state index in [2.05, 4.69) is 9.97 Å². The van der Waals surface area contributed by atoms with Crippen LogP contribution in [-0.4, -0.2) is 53.0 Å². The topological polar surface area (TPSA) is 63.2 Å². The van der Waals surface area contributed by atoms with Gasteiger partial charge in [0.2, 0.25) is 0 Å². The highest BCUT2D eigenvalue weighted by Gasteiger charge is 2.31. The van der Waals surface area contributed by atoms with Gasteiger partial charge in [-0.3, -0.25) is 4.90 Å². The number of hydrogen-bond donors (Lipinski definition) is 0. The number of aryl methyl sites for hydroxylation is 1. The molecule has 1 unspecified atom stereocenters. The highest BCUT2D eigenvalue weighted by atomic mass is 35.5. The molecule has 1 atom stereocenters. The monoisotopic (exact) mass is 321 g/mol. The van der Waals surface area contributed by atoms with Crippen molar-refractivity contribution in [2.75, 3.05) is 24.3 Å². The van der Waals surface area contributed by atoms with Crippen LogP contribution in [0.2, 0.25) is 5.15 Å². The number of rotatable bonds is 3. The Labute approximate surface area is 122 Å². The van der Waals surface area contributed by atoms with Crippen LogP contribution >= 0.6 is 23.4 Å². The lowest BCUT2D eigenvalue weighted by atomic mass is 10.4. The first-order valence-corrected chi connectivity index (χ1v) is 9.36. The predicted molar refractivity (Wildman–Crippen MR) is 78.1 cm³/mol. The van der Waals surface area contributed by atoms with Crippen molar-refractivity contribution < 1.29 is 8.42 Å². The molecule has 1 aliphatic rings. The van der Waals surface area contributed by atoms with Gasteiger partial charge >= 0.3 is 0 Å². The van der Waals surface area contributed by atoms with Crippen LogP contribution in [0.15, 0.2) is 6.07 Å². The van der Waals surface area contributed by atoms with Crippen molar-refractivity contribution in [1.29, 1.82) is 0 Å². The van der Waals surface area contributed by atoms with Gasteiger partial charge in [-0.15, -0.1) is 0 Å². The zero-order valence-corrected chi connectivity index (χ0v) is 13.2. The molecule has 0 aromatic carbocycles. The summed E-state index contributed by atoms with van der Waals surface area (Å²) in [7, 11) is -3.10. The third-order valence-corrected chi connectivity index (χ3v) is 5.78. The van der Waals surface area contributed by atoms with E-state index in [-0.39, 0.29) is 0 Å². The smallest absolute Gasteiger partial charge is 0.164 e. The first-order valence-electron chi connectivity index (χ1n) is 5.87. The van der Waals surface area contributed by atoms with Crippen LogP contribution in [0.4, 0.5) is 0 Å². The van der Waals surface area contributed by atoms with Crippen LogP contribution < -0.4 is 0 Å². The van der Waals surface area contributed by atoms with Crippen molar-refractivity contribution in [3.8, 4) is 0 Å². The molecule has 0 saturated carbocycles. The summed E-state index contributed by atoms with van der Waals surface area (Å²) in [5.41, 5.74) is 0.789. The van der Waals surface area contributed by atoms with Gasteiger partial charge in [-0.2, -0.15) is 11.8 Å². The van der Waals surface area contributed by atoms with Crippen molar-refractivity contribution in [2.24, 2.45) is 0 Å². The quantitative estimate of drug-likeness (QED) is 0.783. The Kier molecular flexibility index (Phi) is 4.70. The van der Waals surface area contributed by atoms with Gasteiger partial charge in [0.05, 0.1) is 6.54 Å². The second-order valence-electron chi connectivity index (χ2n) is 4.58. The van der Waals surface area contributed by atoms with Crippen molar-refractivity contribution in [1.82, 2.24) is 14.9 Å². The minimum absolute atomic E-state index is 0.393. The molecule has 8 heteroatoms. The average molecular weight is 322 g/mol. The summed E-state index contributed by atoms with van der Waals surface area (Å²) in [6.45, 7) is 2.98. The van der Waals surface area contributed by atoms with Crippen molar-refractivity contribution >= 4 is 33.2 Å². The predicted octanol–water partition coefficient (Wildman–Crippen LogP) is 1.36. The third kappa shape index (κ3) is 4.05. The van der Waals surface area contributed by atoms with Crippen LogP contribution in [0.3, 0.4) is 0 Å². The van der Waals surface area contributed by atoms with Crippen LogP contribution in [-0.2, 0) is 16.4 Å². The highest BCUT2D eigenvalue weighted by Crippen LogP contribution is 2.22. The zero-order valence-electron chi connectivity index (χ0n) is 10.8. The van der Waals surface area contributed by atoms with E-state index < -0.39 is 15.2 Å². The van der Waals surface area contributed by atoms with E-state index in [1.54, 1.807) is 17.8 Å². The lowest BCUT2D eigenvalue weighted by Gasteiger charge is -2.33. The first kappa shape index (κ1) is 15.0. The minimum atomic E-state index is -3.10. The summed E-state index contributed by atoms with van der Waals surface area (Å²) in [6, 6.07) is 1.69. The molecule has 2 rings (SSSR count). The summed E-state index contributed by atoms with van der Waals surface area (Å²) in [5, 5.41) is -0.0704. The van der Waals surface area contributed by atoms with E-state index >= 15 is 0 Å². The Morgan fingerprint density at radius 1 is 1.53 bits per heavy atom. The van der Waals surface area contributed by atoms with Gasteiger partial charge in [-0.25, -0.2) is 18.4 Å². The number of thioether (sulfide) groups is 1. The lowest BCUT2D eigenvalue weighted by Crippen LogP contribution is -2.46. The fraction of sp³-hybridized carbons (Fsp3) is 0.636. The molecule has 19 heavy (non-hydrogen) atoms. The fourth-order valence-corrected chi connectivity index (χ4v) is 5.23. The zero-order chi connectivity index (χ0) is 14.0. The second-order valence-corrected chi connectivity index (χ2v) is 8.32. The summed E-state index contributed by atoms with van der Waals surface area (Å²) >= 11 is 7.56. The Hall–Kier alpha value is -0.370. The van der Waals surface area contributed by atoms with Gasteiger partial charge in [0, 0.05) is 30.0 Å². The SMILES string of the molecule is Cc1cc(Cl)nc(CN2CCSCC2S(C)(=O)=O)n1. The maximum Gasteiger partial charge on any atom is 0.164 e. The van der Waals surface area contributed by atoms with Crippen LogP contribution in [0, 0.1) is 6.92 Å². The highest BCUT2D eigenvalue weighted by molar-refractivity contribution is 8.00. The fourth-order valence-electron chi connectivity index (χ4n) is 2.03. The molecule has 1 aromatic rings. The van der Waals surface area contributed by atoms with E-state index in [9.17, 15) is 8.42 Å². The van der Waals surface area contributed by atoms with E-state index in [4.69, 9.17) is 11.6 Å². The summed E-state index contributed by atoms with van der Waals surface area (Å²) in [5.74, 6) is 2.09. The van der Waals surface area contributed by atoms with Crippen molar-refractivity contribution in [2.45, 2.75) is 18.8 Å². The summed E-state index contributed by atoms with van der Waals surface area (Å²) in [4.78, 5) is 10.4. The molecular weight excluding hydrogens is 306 g/mol. The number of sulfone groups is 1. The molecule has 5 nitrogen and oxygen atoms in total. The molecule has 1 fully saturated rings. The third-order valence-electron chi connectivity index (χ3n) is 2.90. The molecule has 1 saturated heterocycles. The molecule has 0 bridgehead atoms. The largest absolute Gasteiger partial charge is 0.278 e. The molecule has 1 aliphatic heterocycles. The van der Waals surface area contributed by atoms with E-state index in [0.717, 1.165) is 18.0 Å². The average Bonchev–Trinajstić information content (AvgIpc) is 2.26. The van der Waals surface area contributed by atoms with Gasteiger partial charge in [-0.1, -0.05) is 11.6 Å². The molecule has 0 amide bonds. The van der Waals surface area contributed by atoms with Gasteiger partial charge < -0.3 is 0 Å². The normalized spacial score (nSPS) is 21.5. The van der Waals surface area contributed by atoms with E-state index in [1.165, 1.54) is 6.26 Å². The first-order chi connectivity index (χ1) is 8.86. The Bertz CT molecular complexity index is 545. The Balaban J connectivity index is 2.20. The Morgan fingerprint density at radius 3 is 2.89 bits per heavy atom. The van der Waals surface area contributed by atoms with Crippen molar-refractivity contribution in [3.63, 3.8) is 0 Å². The van der Waals surface area contributed by atoms with Crippen LogP contribution in [0.5, 0.6) is 0 Å². The second kappa shape index (κ2) is 5.95. The molecule has 0 N–H and O–H groups in total. The molecule has 0 spiro atoms. The van der Waals surface area contributed by atoms with E-state index in [1.807, 2.05) is 11.8 Å². The maximum absolute atomic E-state index is 11.8. The molecule has 1 aromatic heterocycles. The molecular formula is C11H16ClN3O2S2. The maximum atomic E-state index is 11.8. The summed E-state index contributed by atoms with van der Waals surface area (Å²) in [6.07, 6.45) is 1.28. The minimum Gasteiger partial charge on any atom is -0.278 e. The molecule has 106 valence electrons. The van der Waals surface area contributed by atoms with E-state index in [0.29, 0.717) is 23.3 Å². The van der Waals surface area contributed by atoms with Crippen LogP contribution in [0.1, 0.15) is 11.5 Å². The van der Waals surface area contributed by atoms with Gasteiger partial charge in [0.25, 0.3) is 0 Å². The molecule has 2 heterocycles. The van der Waals surface area contributed by atoms with Gasteiger partial charge in [0.1, 0.15) is 16.4 Å². The summed E-state index contributed by atoms with van der Waals surface area (Å²) < 4.78 is 23.6. The van der Waals surface area contributed by atoms with Crippen LogP contribution in [0.25, 0.3) is 0 Å². The molecule has 0 aliphatic carbocycles. The molecule has 0 radical (unpaired) electrons. The number of hydrogen-bond acceptors (Lipinski definition) is 6. The lowest BCUT2D eigenvalue weighted by molar-refractivity contribution is 0.255. The van der Waals surface area contributed by atoms with Gasteiger partial charge in [-0.05, 0) is 13.0 Å². The van der Waals surface area contributed by atoms with Gasteiger partial charge in [0.15, 0.2) is 9.84 Å². The Morgan fingerprint density at radius 2 is 2.26 bits per heavy atom. The number of nitrogens with zero attached hydrogens (tertiary/aromatic N) is 3. The number of halogens is 1.